The zero-order valence-electron chi connectivity index (χ0n) is 13.8. The Bertz CT molecular complexity index is 917. The number of hydrogen-bond acceptors (Lipinski definition) is 5. The minimum Gasteiger partial charge on any atom is -0.298 e. The molecule has 3 nitrogen and oxygen atoms in total. The molecule has 0 aliphatic rings. The maximum Gasteiger partial charge on any atom is 0.157 e. The number of nitriles is 1. The molecule has 3 rings (SSSR count). The first-order valence-corrected chi connectivity index (χ1v) is 10.2. The number of benzene rings is 2. The van der Waals surface area contributed by atoms with Crippen LogP contribution in [0, 0.1) is 11.3 Å². The molecule has 0 N–H and O–H groups in total. The third kappa shape index (κ3) is 4.73. The summed E-state index contributed by atoms with van der Waals surface area (Å²) in [5, 5.41) is 12.5. The van der Waals surface area contributed by atoms with Crippen molar-refractivity contribution in [3.63, 3.8) is 0 Å². The van der Waals surface area contributed by atoms with Gasteiger partial charge in [0.25, 0.3) is 0 Å². The number of hydrogen-bond donors (Lipinski definition) is 0. The van der Waals surface area contributed by atoms with E-state index in [2.05, 4.69) is 11.1 Å². The first kappa shape index (κ1) is 18.7. The van der Waals surface area contributed by atoms with Crippen LogP contribution in [-0.2, 0) is 4.79 Å². The van der Waals surface area contributed by atoms with Crippen molar-refractivity contribution in [3.8, 4) is 17.3 Å². The van der Waals surface area contributed by atoms with Gasteiger partial charge in [-0.3, -0.25) is 4.79 Å². The third-order valence-electron chi connectivity index (χ3n) is 3.72. The number of aromatic nitrogens is 1. The smallest absolute Gasteiger partial charge is 0.157 e. The van der Waals surface area contributed by atoms with Gasteiger partial charge in [0.1, 0.15) is 5.01 Å². The van der Waals surface area contributed by atoms with Crippen molar-refractivity contribution in [2.45, 2.75) is 17.2 Å². The highest BCUT2D eigenvalue weighted by Crippen LogP contribution is 2.29. The predicted octanol–water partition coefficient (Wildman–Crippen LogP) is 5.82. The van der Waals surface area contributed by atoms with Gasteiger partial charge in [0, 0.05) is 33.0 Å². The fourth-order valence-corrected chi connectivity index (χ4v) is 4.28. The summed E-state index contributed by atoms with van der Waals surface area (Å²) in [5.41, 5.74) is 1.68. The van der Waals surface area contributed by atoms with E-state index in [-0.39, 0.29) is 5.78 Å². The van der Waals surface area contributed by atoms with Crippen molar-refractivity contribution in [1.29, 1.82) is 5.26 Å². The van der Waals surface area contributed by atoms with Gasteiger partial charge >= 0.3 is 0 Å². The lowest BCUT2D eigenvalue weighted by Gasteiger charge is -2.05. The van der Waals surface area contributed by atoms with E-state index in [9.17, 15) is 10.1 Å². The molecule has 0 radical (unpaired) electrons. The average molecular weight is 399 g/mol. The Morgan fingerprint density at radius 1 is 1.19 bits per heavy atom. The third-order valence-corrected chi connectivity index (χ3v) is 5.90. The van der Waals surface area contributed by atoms with Crippen LogP contribution in [0.3, 0.4) is 0 Å². The number of rotatable bonds is 7. The predicted molar refractivity (Wildman–Crippen MR) is 108 cm³/mol. The van der Waals surface area contributed by atoms with Crippen LogP contribution in [-0.4, -0.2) is 16.5 Å². The molecule has 1 atom stereocenters. The summed E-state index contributed by atoms with van der Waals surface area (Å²) in [5.74, 6) is -0.249. The average Bonchev–Trinajstić information content (AvgIpc) is 3.13. The van der Waals surface area contributed by atoms with E-state index in [1.54, 1.807) is 23.9 Å². The summed E-state index contributed by atoms with van der Waals surface area (Å²) in [6.07, 6.45) is 0.341. The number of nitrogens with zero attached hydrogens (tertiary/aromatic N) is 2. The number of thioether (sulfide) groups is 1. The van der Waals surface area contributed by atoms with Crippen LogP contribution in [0.5, 0.6) is 0 Å². The van der Waals surface area contributed by atoms with E-state index in [0.717, 1.165) is 16.2 Å². The molecule has 1 aromatic heterocycles. The summed E-state index contributed by atoms with van der Waals surface area (Å²) in [7, 11) is 0. The maximum absolute atomic E-state index is 12.5. The standard InChI is InChI=1S/C20H15ClN2OS2/c21-15-8-6-14(7-9-15)18-13-26-20(23-18)17(12-22)19(24)10-11-25-16-4-2-1-3-5-16/h1-9,13,17H,10-11H2. The van der Waals surface area contributed by atoms with E-state index < -0.39 is 5.92 Å². The van der Waals surface area contributed by atoms with Crippen LogP contribution in [0.1, 0.15) is 17.3 Å². The molecule has 0 bridgehead atoms. The molecule has 0 fully saturated rings. The first-order chi connectivity index (χ1) is 12.7. The van der Waals surface area contributed by atoms with E-state index in [1.165, 1.54) is 11.3 Å². The Hall–Kier alpha value is -2.13. The summed E-state index contributed by atoms with van der Waals surface area (Å²) < 4.78 is 0. The molecule has 1 unspecified atom stereocenters. The lowest BCUT2D eigenvalue weighted by atomic mass is 10.1. The highest BCUT2D eigenvalue weighted by molar-refractivity contribution is 7.99. The van der Waals surface area contributed by atoms with E-state index in [1.807, 2.05) is 47.8 Å². The zero-order valence-corrected chi connectivity index (χ0v) is 16.2. The van der Waals surface area contributed by atoms with Crippen LogP contribution >= 0.6 is 34.7 Å². The van der Waals surface area contributed by atoms with E-state index in [4.69, 9.17) is 11.6 Å². The number of carbonyl (C=O) groups excluding carboxylic acids is 1. The zero-order chi connectivity index (χ0) is 18.4. The van der Waals surface area contributed by atoms with Gasteiger partial charge in [-0.2, -0.15) is 5.26 Å². The number of carbonyl (C=O) groups is 1. The lowest BCUT2D eigenvalue weighted by Crippen LogP contribution is -2.11. The molecule has 130 valence electrons. The van der Waals surface area contributed by atoms with Crippen LogP contribution in [0.15, 0.2) is 64.9 Å². The normalized spacial score (nSPS) is 11.7. The van der Waals surface area contributed by atoms with Crippen molar-refractivity contribution >= 4 is 40.5 Å². The minimum absolute atomic E-state index is 0.0899. The monoisotopic (exact) mass is 398 g/mol. The molecule has 1 heterocycles. The van der Waals surface area contributed by atoms with Gasteiger partial charge < -0.3 is 0 Å². The fraction of sp³-hybridized carbons (Fsp3) is 0.150. The highest BCUT2D eigenvalue weighted by atomic mass is 35.5. The molecule has 2 aromatic carbocycles. The van der Waals surface area contributed by atoms with Crippen molar-refractivity contribution < 1.29 is 4.79 Å². The molecule has 26 heavy (non-hydrogen) atoms. The first-order valence-electron chi connectivity index (χ1n) is 7.99. The van der Waals surface area contributed by atoms with Gasteiger partial charge in [-0.15, -0.1) is 23.1 Å². The van der Waals surface area contributed by atoms with Gasteiger partial charge in [0.15, 0.2) is 11.7 Å². The van der Waals surface area contributed by atoms with Gasteiger partial charge in [-0.1, -0.05) is 41.9 Å². The second kappa shape index (κ2) is 9.00. The second-order valence-corrected chi connectivity index (χ2v) is 8.01. The SMILES string of the molecule is N#CC(C(=O)CCSc1ccccc1)c1nc(-c2ccc(Cl)cc2)cs1. The molecule has 0 saturated heterocycles. The van der Waals surface area contributed by atoms with Crippen molar-refractivity contribution in [2.75, 3.05) is 5.75 Å². The van der Waals surface area contributed by atoms with Crippen molar-refractivity contribution in [1.82, 2.24) is 4.98 Å². The van der Waals surface area contributed by atoms with Crippen LogP contribution in [0.25, 0.3) is 11.3 Å². The molecule has 6 heteroatoms. The number of Topliss-reactive ketones (excluding diaryl/α,β-unsaturated/α-hetero) is 1. The van der Waals surface area contributed by atoms with E-state index >= 15 is 0 Å². The quantitative estimate of drug-likeness (QED) is 0.470. The fourth-order valence-electron chi connectivity index (χ4n) is 2.37. The summed E-state index contributed by atoms with van der Waals surface area (Å²) >= 11 is 8.86. The molecule has 0 spiro atoms. The number of ketones is 1. The number of halogens is 1. The van der Waals surface area contributed by atoms with Crippen LogP contribution in [0.4, 0.5) is 0 Å². The lowest BCUT2D eigenvalue weighted by molar-refractivity contribution is -0.118. The Labute approximate surface area is 165 Å². The number of thiazole rings is 1. The summed E-state index contributed by atoms with van der Waals surface area (Å²) in [6, 6.07) is 19.4. The molecule has 0 amide bonds. The van der Waals surface area contributed by atoms with Crippen molar-refractivity contribution in [3.05, 3.63) is 70.0 Å². The molecule has 0 aliphatic heterocycles. The molecule has 0 aliphatic carbocycles. The molecular weight excluding hydrogens is 384 g/mol. The van der Waals surface area contributed by atoms with Gasteiger partial charge in [0.05, 0.1) is 11.8 Å². The molecule has 3 aromatic rings. The molecule has 0 saturated carbocycles. The Balaban J connectivity index is 1.64. The Morgan fingerprint density at radius 3 is 2.62 bits per heavy atom. The van der Waals surface area contributed by atoms with Crippen LogP contribution < -0.4 is 0 Å². The Kier molecular flexibility index (Phi) is 6.45. The largest absolute Gasteiger partial charge is 0.298 e. The molecular formula is C20H15ClN2OS2. The summed E-state index contributed by atoms with van der Waals surface area (Å²) in [4.78, 5) is 18.1. The van der Waals surface area contributed by atoms with Crippen molar-refractivity contribution in [2.24, 2.45) is 0 Å². The van der Waals surface area contributed by atoms with Gasteiger partial charge in [0.2, 0.25) is 0 Å². The highest BCUT2D eigenvalue weighted by Gasteiger charge is 2.23. The van der Waals surface area contributed by atoms with Gasteiger partial charge in [-0.25, -0.2) is 4.98 Å². The second-order valence-electron chi connectivity index (χ2n) is 5.52. The Morgan fingerprint density at radius 2 is 1.92 bits per heavy atom. The topological polar surface area (TPSA) is 53.8 Å². The van der Waals surface area contributed by atoms with E-state index in [0.29, 0.717) is 22.2 Å². The summed E-state index contributed by atoms with van der Waals surface area (Å²) in [6.45, 7) is 0. The van der Waals surface area contributed by atoms with Gasteiger partial charge in [-0.05, 0) is 24.3 Å². The maximum atomic E-state index is 12.5. The minimum atomic E-state index is -0.808. The van der Waals surface area contributed by atoms with Crippen LogP contribution in [0.2, 0.25) is 5.02 Å².